The molecule has 0 atom stereocenters. The molecule has 0 saturated heterocycles. The number of hydrogen-bond acceptors (Lipinski definition) is 2. The fraction of sp³-hybridized carbons (Fsp3) is 0.200. The van der Waals surface area contributed by atoms with Gasteiger partial charge < -0.3 is 10.2 Å². The fourth-order valence-corrected chi connectivity index (χ4v) is 2.00. The van der Waals surface area contributed by atoms with Gasteiger partial charge in [0.15, 0.2) is 5.11 Å². The highest BCUT2D eigenvalue weighted by Crippen LogP contribution is 2.09. The molecule has 0 unspecified atom stereocenters. The number of rotatable bonds is 4. The molecule has 0 fully saturated rings. The van der Waals surface area contributed by atoms with Gasteiger partial charge in [0, 0.05) is 32.5 Å². The van der Waals surface area contributed by atoms with Crippen molar-refractivity contribution in [3.8, 4) is 0 Å². The van der Waals surface area contributed by atoms with E-state index in [1.165, 1.54) is 11.1 Å². The number of aromatic nitrogens is 1. The van der Waals surface area contributed by atoms with Crippen LogP contribution in [0.3, 0.4) is 0 Å². The van der Waals surface area contributed by atoms with Crippen LogP contribution in [0.2, 0.25) is 0 Å². The Morgan fingerprint density at radius 2 is 1.63 bits per heavy atom. The fourth-order valence-electron chi connectivity index (χ4n) is 1.87. The molecule has 0 amide bonds. The highest BCUT2D eigenvalue weighted by atomic mass is 32.1. The quantitative estimate of drug-likeness (QED) is 0.865. The molecule has 0 spiro atoms. The van der Waals surface area contributed by atoms with Gasteiger partial charge in [-0.25, -0.2) is 0 Å². The minimum atomic E-state index is 0.751. The molecule has 0 saturated carbocycles. The molecule has 1 aromatic carbocycles. The Hall–Kier alpha value is -1.94. The molecule has 2 rings (SSSR count). The topological polar surface area (TPSA) is 28.2 Å². The van der Waals surface area contributed by atoms with Gasteiger partial charge in [-0.3, -0.25) is 4.98 Å². The molecule has 1 N–H and O–H groups in total. The molecule has 1 aromatic heterocycles. The molecule has 3 nitrogen and oxygen atoms in total. The average Bonchev–Trinajstić information content (AvgIpc) is 2.48. The van der Waals surface area contributed by atoms with Gasteiger partial charge in [-0.15, -0.1) is 0 Å². The Bertz CT molecular complexity index is 472. The Balaban J connectivity index is 2.10. The lowest BCUT2D eigenvalue weighted by Crippen LogP contribution is -2.36. The summed E-state index contributed by atoms with van der Waals surface area (Å²) >= 11 is 5.37. The molecule has 98 valence electrons. The van der Waals surface area contributed by atoms with Crippen LogP contribution in [-0.4, -0.2) is 22.0 Å². The van der Waals surface area contributed by atoms with E-state index in [-0.39, 0.29) is 0 Å². The third-order valence-corrected chi connectivity index (χ3v) is 3.30. The van der Waals surface area contributed by atoms with Crippen molar-refractivity contribution in [1.82, 2.24) is 15.2 Å². The third kappa shape index (κ3) is 4.03. The molecule has 0 bridgehead atoms. The third-order valence-electron chi connectivity index (χ3n) is 2.84. The SMILES string of the molecule is CNC(=S)N(Cc1ccccc1)Cc1ccncc1. The van der Waals surface area contributed by atoms with Crippen molar-refractivity contribution in [1.29, 1.82) is 0 Å². The monoisotopic (exact) mass is 271 g/mol. The second-order valence-electron chi connectivity index (χ2n) is 4.25. The summed E-state index contributed by atoms with van der Waals surface area (Å²) in [6, 6.07) is 14.3. The van der Waals surface area contributed by atoms with E-state index in [0.717, 1.165) is 18.2 Å². The van der Waals surface area contributed by atoms with Gasteiger partial charge in [0.2, 0.25) is 0 Å². The first-order valence-electron chi connectivity index (χ1n) is 6.19. The Morgan fingerprint density at radius 3 is 2.21 bits per heavy atom. The van der Waals surface area contributed by atoms with Crippen LogP contribution < -0.4 is 5.32 Å². The van der Waals surface area contributed by atoms with Crippen LogP contribution in [0.1, 0.15) is 11.1 Å². The maximum Gasteiger partial charge on any atom is 0.169 e. The Morgan fingerprint density at radius 1 is 1.05 bits per heavy atom. The highest BCUT2D eigenvalue weighted by molar-refractivity contribution is 7.80. The summed E-state index contributed by atoms with van der Waals surface area (Å²) in [4.78, 5) is 6.17. The van der Waals surface area contributed by atoms with Gasteiger partial charge in [-0.05, 0) is 35.5 Å². The summed E-state index contributed by atoms with van der Waals surface area (Å²) < 4.78 is 0. The van der Waals surface area contributed by atoms with Crippen LogP contribution in [0.25, 0.3) is 0 Å². The van der Waals surface area contributed by atoms with E-state index in [9.17, 15) is 0 Å². The Kier molecular flexibility index (Phi) is 4.86. The molecule has 0 aliphatic rings. The minimum Gasteiger partial charge on any atom is -0.366 e. The van der Waals surface area contributed by atoms with Crippen LogP contribution in [0.5, 0.6) is 0 Å². The maximum absolute atomic E-state index is 5.37. The summed E-state index contributed by atoms with van der Waals surface area (Å²) in [6.45, 7) is 1.57. The first kappa shape index (κ1) is 13.5. The number of benzene rings is 1. The first-order chi connectivity index (χ1) is 9.29. The summed E-state index contributed by atoms with van der Waals surface area (Å²) in [5.41, 5.74) is 2.44. The van der Waals surface area contributed by atoms with E-state index < -0.39 is 0 Å². The molecule has 1 heterocycles. The molecule has 19 heavy (non-hydrogen) atoms. The predicted octanol–water partition coefficient (Wildman–Crippen LogP) is 2.59. The number of hydrogen-bond donors (Lipinski definition) is 1. The van der Waals surface area contributed by atoms with Gasteiger partial charge in [-0.1, -0.05) is 30.3 Å². The number of pyridine rings is 1. The van der Waals surface area contributed by atoms with Crippen LogP contribution in [0.15, 0.2) is 54.9 Å². The van der Waals surface area contributed by atoms with Crippen LogP contribution in [0, 0.1) is 0 Å². The second-order valence-corrected chi connectivity index (χ2v) is 4.64. The molecule has 0 radical (unpaired) electrons. The van der Waals surface area contributed by atoms with Gasteiger partial charge in [-0.2, -0.15) is 0 Å². The molecule has 0 aliphatic carbocycles. The smallest absolute Gasteiger partial charge is 0.169 e. The minimum absolute atomic E-state index is 0.751. The van der Waals surface area contributed by atoms with E-state index >= 15 is 0 Å². The van der Waals surface area contributed by atoms with Gasteiger partial charge >= 0.3 is 0 Å². The zero-order valence-electron chi connectivity index (χ0n) is 10.9. The summed E-state index contributed by atoms with van der Waals surface area (Å²) in [6.07, 6.45) is 3.61. The van der Waals surface area contributed by atoms with E-state index in [2.05, 4.69) is 27.3 Å². The van der Waals surface area contributed by atoms with E-state index in [1.54, 1.807) is 12.4 Å². The largest absolute Gasteiger partial charge is 0.366 e. The molecular formula is C15H17N3S. The lowest BCUT2D eigenvalue weighted by Gasteiger charge is -2.25. The van der Waals surface area contributed by atoms with Crippen LogP contribution >= 0.6 is 12.2 Å². The summed E-state index contributed by atoms with van der Waals surface area (Å²) in [5, 5.41) is 3.80. The lowest BCUT2D eigenvalue weighted by molar-refractivity contribution is 0.402. The van der Waals surface area contributed by atoms with Crippen LogP contribution in [-0.2, 0) is 13.1 Å². The van der Waals surface area contributed by atoms with E-state index in [1.807, 2.05) is 37.4 Å². The average molecular weight is 271 g/mol. The van der Waals surface area contributed by atoms with Crippen molar-refractivity contribution in [2.24, 2.45) is 0 Å². The van der Waals surface area contributed by atoms with Crippen LogP contribution in [0.4, 0.5) is 0 Å². The molecular weight excluding hydrogens is 254 g/mol. The zero-order valence-corrected chi connectivity index (χ0v) is 11.7. The summed E-state index contributed by atoms with van der Waals surface area (Å²) in [5.74, 6) is 0. The van der Waals surface area contributed by atoms with Crippen molar-refractivity contribution in [3.05, 3.63) is 66.0 Å². The first-order valence-corrected chi connectivity index (χ1v) is 6.60. The normalized spacial score (nSPS) is 9.95. The number of nitrogens with one attached hydrogen (secondary N) is 1. The van der Waals surface area contributed by atoms with Gasteiger partial charge in [0.05, 0.1) is 0 Å². The van der Waals surface area contributed by atoms with Crippen molar-refractivity contribution >= 4 is 17.3 Å². The second kappa shape index (κ2) is 6.85. The van der Waals surface area contributed by atoms with Gasteiger partial charge in [0.1, 0.15) is 0 Å². The predicted molar refractivity (Wildman–Crippen MR) is 81.6 cm³/mol. The number of thiocarbonyl (C=S) groups is 1. The van der Waals surface area contributed by atoms with Crippen molar-refractivity contribution < 1.29 is 0 Å². The standard InChI is InChI=1S/C15H17N3S/c1-16-15(19)18(11-13-5-3-2-4-6-13)12-14-7-9-17-10-8-14/h2-10H,11-12H2,1H3,(H,16,19). The zero-order chi connectivity index (χ0) is 13.5. The van der Waals surface area contributed by atoms with Crippen molar-refractivity contribution in [2.75, 3.05) is 7.05 Å². The van der Waals surface area contributed by atoms with E-state index in [4.69, 9.17) is 12.2 Å². The van der Waals surface area contributed by atoms with E-state index in [0.29, 0.717) is 0 Å². The maximum atomic E-state index is 5.37. The van der Waals surface area contributed by atoms with Gasteiger partial charge in [0.25, 0.3) is 0 Å². The summed E-state index contributed by atoms with van der Waals surface area (Å²) in [7, 11) is 1.85. The van der Waals surface area contributed by atoms with Crippen molar-refractivity contribution in [2.45, 2.75) is 13.1 Å². The molecule has 0 aliphatic heterocycles. The number of nitrogens with zero attached hydrogens (tertiary/aromatic N) is 2. The lowest BCUT2D eigenvalue weighted by atomic mass is 10.2. The Labute approximate surface area is 119 Å². The molecule has 4 heteroatoms. The molecule has 2 aromatic rings. The van der Waals surface area contributed by atoms with Crippen molar-refractivity contribution in [3.63, 3.8) is 0 Å². The highest BCUT2D eigenvalue weighted by Gasteiger charge is 2.09.